The van der Waals surface area contributed by atoms with Gasteiger partial charge in [-0.1, -0.05) is 26.0 Å². The lowest BCUT2D eigenvalue weighted by Gasteiger charge is -2.22. The van der Waals surface area contributed by atoms with E-state index in [1.54, 1.807) is 0 Å². The molecular weight excluding hydrogens is 160 g/mol. The Labute approximate surface area is 83.0 Å². The molecule has 1 unspecified atom stereocenters. The Morgan fingerprint density at radius 3 is 2.38 bits per heavy atom. The summed E-state index contributed by atoms with van der Waals surface area (Å²) in [6.07, 6.45) is 4.23. The van der Waals surface area contributed by atoms with E-state index in [-0.39, 0.29) is 0 Å². The van der Waals surface area contributed by atoms with Crippen LogP contribution in [0.3, 0.4) is 0 Å². The zero-order chi connectivity index (χ0) is 10.1. The fourth-order valence-electron chi connectivity index (χ4n) is 1.32. The molecule has 1 N–H and O–H groups in total. The summed E-state index contributed by atoms with van der Waals surface area (Å²) in [5.74, 6) is 0. The van der Waals surface area contributed by atoms with Crippen LogP contribution in [0.4, 0.5) is 0 Å². The molecule has 0 spiro atoms. The lowest BCUT2D eigenvalue weighted by molar-refractivity contribution is 0.274. The van der Waals surface area contributed by atoms with Crippen molar-refractivity contribution in [2.75, 3.05) is 26.2 Å². The molecule has 0 fully saturated rings. The third kappa shape index (κ3) is 6.79. The monoisotopic (exact) mass is 184 g/mol. The second-order valence-corrected chi connectivity index (χ2v) is 3.36. The van der Waals surface area contributed by atoms with E-state index in [0.717, 1.165) is 26.2 Å². The first-order valence-corrected chi connectivity index (χ1v) is 5.31. The van der Waals surface area contributed by atoms with Gasteiger partial charge in [0.2, 0.25) is 0 Å². The third-order valence-electron chi connectivity index (χ3n) is 2.25. The summed E-state index contributed by atoms with van der Waals surface area (Å²) < 4.78 is 0. The minimum absolute atomic E-state index is 0.580. The Bertz CT molecular complexity index is 128. The molecule has 2 heteroatoms. The van der Waals surface area contributed by atoms with Crippen molar-refractivity contribution in [3.63, 3.8) is 0 Å². The molecule has 0 radical (unpaired) electrons. The lowest BCUT2D eigenvalue weighted by atomic mass is 10.3. The predicted molar refractivity (Wildman–Crippen MR) is 60.1 cm³/mol. The highest BCUT2D eigenvalue weighted by Crippen LogP contribution is 1.91. The Morgan fingerprint density at radius 2 is 1.92 bits per heavy atom. The van der Waals surface area contributed by atoms with Gasteiger partial charge in [-0.25, -0.2) is 0 Å². The standard InChI is InChI=1S/C11H24N2/c1-5-8-9-12-11(4)10-13(6-2)7-3/h5,8,11-12H,6-7,9-10H2,1-4H3/b8-5+. The molecule has 0 heterocycles. The van der Waals surface area contributed by atoms with Crippen molar-refractivity contribution in [1.29, 1.82) is 0 Å². The predicted octanol–water partition coefficient (Wildman–Crippen LogP) is 1.88. The van der Waals surface area contributed by atoms with Crippen LogP contribution in [0, 0.1) is 0 Å². The normalized spacial score (nSPS) is 14.2. The first-order valence-electron chi connectivity index (χ1n) is 5.31. The summed E-state index contributed by atoms with van der Waals surface area (Å²) in [6.45, 7) is 13.1. The smallest absolute Gasteiger partial charge is 0.0169 e. The van der Waals surface area contributed by atoms with Crippen LogP contribution in [-0.2, 0) is 0 Å². The molecule has 0 amide bonds. The maximum absolute atomic E-state index is 3.45. The average molecular weight is 184 g/mol. The molecular formula is C11H24N2. The summed E-state index contributed by atoms with van der Waals surface area (Å²) in [4.78, 5) is 2.44. The first kappa shape index (κ1) is 12.7. The van der Waals surface area contributed by atoms with Crippen LogP contribution in [0.5, 0.6) is 0 Å². The number of nitrogens with one attached hydrogen (secondary N) is 1. The summed E-state index contributed by atoms with van der Waals surface area (Å²) in [5, 5.41) is 3.45. The Kier molecular flexibility index (Phi) is 8.05. The van der Waals surface area contributed by atoms with Gasteiger partial charge in [-0.05, 0) is 26.9 Å². The van der Waals surface area contributed by atoms with Gasteiger partial charge in [-0.2, -0.15) is 0 Å². The van der Waals surface area contributed by atoms with E-state index in [1.807, 2.05) is 0 Å². The molecule has 0 aromatic rings. The molecule has 0 saturated heterocycles. The van der Waals surface area contributed by atoms with Crippen molar-refractivity contribution >= 4 is 0 Å². The maximum atomic E-state index is 3.45. The van der Waals surface area contributed by atoms with E-state index >= 15 is 0 Å². The maximum Gasteiger partial charge on any atom is 0.0169 e. The van der Waals surface area contributed by atoms with Gasteiger partial charge >= 0.3 is 0 Å². The minimum Gasteiger partial charge on any atom is -0.310 e. The topological polar surface area (TPSA) is 15.3 Å². The summed E-state index contributed by atoms with van der Waals surface area (Å²) in [6, 6.07) is 0.580. The largest absolute Gasteiger partial charge is 0.310 e. The number of likely N-dealkylation sites (N-methyl/N-ethyl adjacent to an activating group) is 1. The number of allylic oxidation sites excluding steroid dienone is 1. The summed E-state index contributed by atoms with van der Waals surface area (Å²) in [7, 11) is 0. The molecule has 0 aliphatic carbocycles. The highest BCUT2D eigenvalue weighted by Gasteiger charge is 2.04. The molecule has 0 saturated carbocycles. The molecule has 78 valence electrons. The van der Waals surface area contributed by atoms with Crippen molar-refractivity contribution < 1.29 is 0 Å². The molecule has 0 aromatic carbocycles. The van der Waals surface area contributed by atoms with E-state index in [9.17, 15) is 0 Å². The molecule has 1 atom stereocenters. The highest BCUT2D eigenvalue weighted by molar-refractivity contribution is 4.81. The minimum atomic E-state index is 0.580. The fourth-order valence-corrected chi connectivity index (χ4v) is 1.32. The van der Waals surface area contributed by atoms with Crippen LogP contribution < -0.4 is 5.32 Å². The SMILES string of the molecule is C/C=C/CNC(C)CN(CC)CC. The Hall–Kier alpha value is -0.340. The Balaban J connectivity index is 3.53. The number of rotatable bonds is 7. The zero-order valence-corrected chi connectivity index (χ0v) is 9.51. The second kappa shape index (κ2) is 8.27. The van der Waals surface area contributed by atoms with Crippen molar-refractivity contribution in [3.05, 3.63) is 12.2 Å². The molecule has 0 aliphatic heterocycles. The van der Waals surface area contributed by atoms with Gasteiger partial charge in [0.05, 0.1) is 0 Å². The van der Waals surface area contributed by atoms with E-state index < -0.39 is 0 Å². The number of nitrogens with zero attached hydrogens (tertiary/aromatic N) is 1. The second-order valence-electron chi connectivity index (χ2n) is 3.36. The van der Waals surface area contributed by atoms with Crippen LogP contribution in [0.15, 0.2) is 12.2 Å². The highest BCUT2D eigenvalue weighted by atomic mass is 15.1. The van der Waals surface area contributed by atoms with Crippen LogP contribution in [0.2, 0.25) is 0 Å². The van der Waals surface area contributed by atoms with Crippen molar-refractivity contribution in [2.45, 2.75) is 33.7 Å². The van der Waals surface area contributed by atoms with Gasteiger partial charge in [0.25, 0.3) is 0 Å². The van der Waals surface area contributed by atoms with Crippen LogP contribution >= 0.6 is 0 Å². The van der Waals surface area contributed by atoms with Gasteiger partial charge < -0.3 is 10.2 Å². The zero-order valence-electron chi connectivity index (χ0n) is 9.51. The molecule has 2 nitrogen and oxygen atoms in total. The van der Waals surface area contributed by atoms with E-state index in [2.05, 4.69) is 50.1 Å². The summed E-state index contributed by atoms with van der Waals surface area (Å²) >= 11 is 0. The van der Waals surface area contributed by atoms with E-state index in [1.165, 1.54) is 0 Å². The lowest BCUT2D eigenvalue weighted by Crippen LogP contribution is -2.39. The van der Waals surface area contributed by atoms with Crippen molar-refractivity contribution in [2.24, 2.45) is 0 Å². The number of hydrogen-bond acceptors (Lipinski definition) is 2. The van der Waals surface area contributed by atoms with Gasteiger partial charge in [0.15, 0.2) is 0 Å². The summed E-state index contributed by atoms with van der Waals surface area (Å²) in [5.41, 5.74) is 0. The quantitative estimate of drug-likeness (QED) is 0.608. The van der Waals surface area contributed by atoms with Crippen molar-refractivity contribution in [3.8, 4) is 0 Å². The molecule has 0 aromatic heterocycles. The molecule has 0 rings (SSSR count). The van der Waals surface area contributed by atoms with Crippen LogP contribution in [0.25, 0.3) is 0 Å². The van der Waals surface area contributed by atoms with Crippen molar-refractivity contribution in [1.82, 2.24) is 10.2 Å². The first-order chi connectivity index (χ1) is 6.24. The van der Waals surface area contributed by atoms with Gasteiger partial charge in [-0.15, -0.1) is 0 Å². The molecule has 13 heavy (non-hydrogen) atoms. The van der Waals surface area contributed by atoms with Crippen LogP contribution in [-0.4, -0.2) is 37.1 Å². The van der Waals surface area contributed by atoms with Gasteiger partial charge in [0.1, 0.15) is 0 Å². The van der Waals surface area contributed by atoms with Gasteiger partial charge in [-0.3, -0.25) is 0 Å². The Morgan fingerprint density at radius 1 is 1.31 bits per heavy atom. The van der Waals surface area contributed by atoms with E-state index in [0.29, 0.717) is 6.04 Å². The average Bonchev–Trinajstić information content (AvgIpc) is 2.14. The third-order valence-corrected chi connectivity index (χ3v) is 2.25. The molecule has 0 aliphatic rings. The van der Waals surface area contributed by atoms with E-state index in [4.69, 9.17) is 0 Å². The van der Waals surface area contributed by atoms with Gasteiger partial charge in [0, 0.05) is 19.1 Å². The number of hydrogen-bond donors (Lipinski definition) is 1. The van der Waals surface area contributed by atoms with Crippen LogP contribution in [0.1, 0.15) is 27.7 Å². The fraction of sp³-hybridized carbons (Fsp3) is 0.818. The molecule has 0 bridgehead atoms.